The number of carbonyl (C=O) groups excluding carboxylic acids is 5. The molecule has 55 heavy (non-hydrogen) atoms. The summed E-state index contributed by atoms with van der Waals surface area (Å²) in [6.45, 7) is 1.46. The Kier molecular flexibility index (Phi) is 8.96. The van der Waals surface area contributed by atoms with Gasteiger partial charge in [-0.3, -0.25) is 28.9 Å². The van der Waals surface area contributed by atoms with Crippen LogP contribution in [0.25, 0.3) is 11.6 Å². The molecule has 1 saturated carbocycles. The minimum Gasteiger partial charge on any atom is -0.502 e. The minimum absolute atomic E-state index is 0.129. The highest BCUT2D eigenvalue weighted by Crippen LogP contribution is 2.61. The molecule has 1 saturated heterocycles. The predicted molar refractivity (Wildman–Crippen MR) is 207 cm³/mol. The van der Waals surface area contributed by atoms with E-state index in [1.165, 1.54) is 32.1 Å². The number of phenols is 1. The largest absolute Gasteiger partial charge is 0.502 e. The molecule has 276 valence electrons. The van der Waals surface area contributed by atoms with E-state index >= 15 is 9.59 Å². The summed E-state index contributed by atoms with van der Waals surface area (Å²) in [5, 5.41) is 10.6. The Hall–Kier alpha value is -6.35. The summed E-state index contributed by atoms with van der Waals surface area (Å²) < 4.78 is 10.9. The number of ether oxygens (including phenoxy) is 2. The maximum Gasteiger partial charge on any atom is 0.238 e. The van der Waals surface area contributed by atoms with Crippen molar-refractivity contribution in [3.63, 3.8) is 0 Å². The van der Waals surface area contributed by atoms with Crippen LogP contribution in [-0.4, -0.2) is 48.5 Å². The molecule has 1 heterocycles. The van der Waals surface area contributed by atoms with Gasteiger partial charge in [-0.15, -0.1) is 0 Å². The molecule has 6 atom stereocenters. The Morgan fingerprint density at radius 2 is 1.47 bits per heavy atom. The van der Waals surface area contributed by atoms with Gasteiger partial charge in [-0.1, -0.05) is 84.5 Å². The molecule has 0 unspecified atom stereocenters. The summed E-state index contributed by atoms with van der Waals surface area (Å²) in [5.41, 5.74) is 2.55. The van der Waals surface area contributed by atoms with Gasteiger partial charge in [0.25, 0.3) is 0 Å². The van der Waals surface area contributed by atoms with Crippen molar-refractivity contribution >= 4 is 46.5 Å². The number of allylic oxidation sites excluding steroid dienone is 5. The fraction of sp³-hybridized carbons (Fsp3) is 0.239. The number of fused-ring (bicyclic) bond motifs is 4. The maximum absolute atomic E-state index is 15.2. The standard InChI is InChI=1S/C46H39NO8/c1-26(48)28-15-17-31(18-16-28)47-44(52)33-20-19-32-35(41(33)45(47)53)24-37-42(50)34(29-10-6-4-7-11-29)25-40(49)46(37,30-12-8-5-9-13-30)36(32)21-14-27-22-38(54-2)43(51)39(23-27)55-3/h4-19,21-23,25,33,35-37,41,51H,20,24H2,1-3H3/t33-,35+,36-,37-,41-,46-/m0/s1. The lowest BCUT2D eigenvalue weighted by Crippen LogP contribution is -2.59. The zero-order valence-corrected chi connectivity index (χ0v) is 30.6. The predicted octanol–water partition coefficient (Wildman–Crippen LogP) is 7.19. The second kappa shape index (κ2) is 13.8. The molecule has 9 nitrogen and oxygen atoms in total. The van der Waals surface area contributed by atoms with E-state index in [1.54, 1.807) is 36.4 Å². The van der Waals surface area contributed by atoms with Crippen molar-refractivity contribution in [2.45, 2.75) is 25.2 Å². The molecule has 3 aliphatic carbocycles. The smallest absolute Gasteiger partial charge is 0.238 e. The molecule has 4 aromatic carbocycles. The molecule has 1 aliphatic heterocycles. The Morgan fingerprint density at radius 3 is 2.09 bits per heavy atom. The van der Waals surface area contributed by atoms with Crippen LogP contribution in [0.5, 0.6) is 17.2 Å². The highest BCUT2D eigenvalue weighted by Gasteiger charge is 2.65. The van der Waals surface area contributed by atoms with Crippen LogP contribution in [0.15, 0.2) is 121 Å². The summed E-state index contributed by atoms with van der Waals surface area (Å²) >= 11 is 0. The van der Waals surface area contributed by atoms with E-state index in [9.17, 15) is 19.5 Å². The van der Waals surface area contributed by atoms with Crippen LogP contribution in [0, 0.1) is 29.6 Å². The number of ketones is 3. The molecule has 0 radical (unpaired) electrons. The third-order valence-corrected chi connectivity index (χ3v) is 12.0. The summed E-state index contributed by atoms with van der Waals surface area (Å²) in [6, 6.07) is 28.2. The van der Waals surface area contributed by atoms with Crippen molar-refractivity contribution < 1.29 is 38.6 Å². The van der Waals surface area contributed by atoms with E-state index in [1.807, 2.05) is 78.9 Å². The minimum atomic E-state index is -1.37. The lowest BCUT2D eigenvalue weighted by atomic mass is 9.45. The second-order valence-corrected chi connectivity index (χ2v) is 14.6. The second-order valence-electron chi connectivity index (χ2n) is 14.6. The number of methoxy groups -OCH3 is 2. The number of nitrogens with zero attached hydrogens (tertiary/aromatic N) is 1. The number of rotatable bonds is 8. The number of hydrogen-bond acceptors (Lipinski definition) is 8. The van der Waals surface area contributed by atoms with Gasteiger partial charge < -0.3 is 14.6 Å². The van der Waals surface area contributed by atoms with Crippen molar-refractivity contribution in [2.24, 2.45) is 29.6 Å². The van der Waals surface area contributed by atoms with E-state index in [0.717, 1.165) is 5.57 Å². The summed E-state index contributed by atoms with van der Waals surface area (Å²) in [5.74, 6) is -4.56. The number of Topliss-reactive ketones (excluding diaryl/α,β-unsaturated/α-hetero) is 2. The first kappa shape index (κ1) is 35.7. The lowest BCUT2D eigenvalue weighted by molar-refractivity contribution is -0.135. The topological polar surface area (TPSA) is 127 Å². The SMILES string of the molecule is COc1cc(C=C[C@H]2C3=CC[C@@H]4C(=O)N(c5ccc(C(C)=O)cc5)C(=O)[C@@H]4[C@@H]3C[C@H]3C(=O)C(c4ccccc4)=CC(=O)[C@@]23c2ccccc2)cc(OC)c1O. The molecule has 2 amide bonds. The molecule has 8 rings (SSSR count). The molecule has 9 heteroatoms. The van der Waals surface area contributed by atoms with Gasteiger partial charge in [-0.05, 0) is 84.8 Å². The van der Waals surface area contributed by atoms with E-state index in [0.29, 0.717) is 33.5 Å². The van der Waals surface area contributed by atoms with Crippen molar-refractivity contribution in [1.82, 2.24) is 0 Å². The fourth-order valence-electron chi connectivity index (χ4n) is 9.44. The highest BCUT2D eigenvalue weighted by molar-refractivity contribution is 6.31. The molecule has 0 spiro atoms. The van der Waals surface area contributed by atoms with Crippen molar-refractivity contribution in [3.8, 4) is 17.2 Å². The first-order chi connectivity index (χ1) is 26.6. The Balaban J connectivity index is 1.31. The normalized spacial score (nSPS) is 25.9. The Morgan fingerprint density at radius 1 is 0.836 bits per heavy atom. The van der Waals surface area contributed by atoms with Gasteiger partial charge in [0.1, 0.15) is 0 Å². The zero-order chi connectivity index (χ0) is 38.6. The van der Waals surface area contributed by atoms with E-state index < -0.39 is 35.0 Å². The van der Waals surface area contributed by atoms with Crippen LogP contribution in [0.2, 0.25) is 0 Å². The molecule has 0 aromatic heterocycles. The van der Waals surface area contributed by atoms with Crippen LogP contribution in [0.3, 0.4) is 0 Å². The summed E-state index contributed by atoms with van der Waals surface area (Å²) in [6.07, 6.45) is 7.68. The van der Waals surface area contributed by atoms with Gasteiger partial charge >= 0.3 is 0 Å². The molecule has 1 N–H and O–H groups in total. The third kappa shape index (κ3) is 5.56. The molecule has 4 aliphatic rings. The number of hydrogen-bond donors (Lipinski definition) is 1. The number of anilines is 1. The van der Waals surface area contributed by atoms with E-state index in [-0.39, 0.29) is 59.3 Å². The average molecular weight is 734 g/mol. The highest BCUT2D eigenvalue weighted by atomic mass is 16.5. The monoisotopic (exact) mass is 733 g/mol. The maximum atomic E-state index is 15.2. The molecule has 0 bridgehead atoms. The van der Waals surface area contributed by atoms with Gasteiger partial charge in [0.15, 0.2) is 28.8 Å². The quantitative estimate of drug-likeness (QED) is 0.115. The van der Waals surface area contributed by atoms with Gasteiger partial charge in [-0.2, -0.15) is 0 Å². The van der Waals surface area contributed by atoms with E-state index in [2.05, 4.69) is 0 Å². The first-order valence-corrected chi connectivity index (χ1v) is 18.3. The van der Waals surface area contributed by atoms with Crippen LogP contribution in [-0.2, 0) is 24.6 Å². The van der Waals surface area contributed by atoms with Crippen molar-refractivity contribution in [2.75, 3.05) is 19.1 Å². The Bertz CT molecular complexity index is 2320. The molecular weight excluding hydrogens is 695 g/mol. The third-order valence-electron chi connectivity index (χ3n) is 12.0. The number of imide groups is 1. The van der Waals surface area contributed by atoms with Gasteiger partial charge in [0, 0.05) is 23.0 Å². The number of amides is 2. The van der Waals surface area contributed by atoms with E-state index in [4.69, 9.17) is 9.47 Å². The zero-order valence-electron chi connectivity index (χ0n) is 30.6. The number of aromatic hydroxyl groups is 1. The van der Waals surface area contributed by atoms with Crippen LogP contribution in [0.1, 0.15) is 46.8 Å². The molecular formula is C46H39NO8. The number of carbonyl (C=O) groups is 5. The summed E-state index contributed by atoms with van der Waals surface area (Å²) in [7, 11) is 2.88. The Labute approximate surface area is 318 Å². The first-order valence-electron chi connectivity index (χ1n) is 18.3. The van der Waals surface area contributed by atoms with Crippen LogP contribution in [0.4, 0.5) is 5.69 Å². The number of benzene rings is 4. The van der Waals surface area contributed by atoms with Crippen molar-refractivity contribution in [3.05, 3.63) is 143 Å². The van der Waals surface area contributed by atoms with Gasteiger partial charge in [-0.25, -0.2) is 0 Å². The van der Waals surface area contributed by atoms with Crippen LogP contribution < -0.4 is 14.4 Å². The number of phenolic OH excluding ortho intramolecular Hbond substituents is 1. The van der Waals surface area contributed by atoms with Crippen molar-refractivity contribution in [1.29, 1.82) is 0 Å². The van der Waals surface area contributed by atoms with Gasteiger partial charge in [0.05, 0.1) is 37.2 Å². The summed E-state index contributed by atoms with van der Waals surface area (Å²) in [4.78, 5) is 72.2. The molecule has 4 aromatic rings. The molecule has 2 fully saturated rings. The van der Waals surface area contributed by atoms with Crippen LogP contribution >= 0.6 is 0 Å². The fourth-order valence-corrected chi connectivity index (χ4v) is 9.44. The average Bonchev–Trinajstić information content (AvgIpc) is 3.47. The van der Waals surface area contributed by atoms with Gasteiger partial charge in [0.2, 0.25) is 17.6 Å². The lowest BCUT2D eigenvalue weighted by Gasteiger charge is -2.54.